The lowest BCUT2D eigenvalue weighted by atomic mass is 9.96. The molecule has 0 aliphatic rings. The fourth-order valence-electron chi connectivity index (χ4n) is 3.02. The Morgan fingerprint density at radius 2 is 1.68 bits per heavy atom. The molecule has 3 rings (SSSR count). The van der Waals surface area contributed by atoms with Gasteiger partial charge in [0.2, 0.25) is 0 Å². The van der Waals surface area contributed by atoms with Crippen molar-refractivity contribution in [1.82, 2.24) is 4.98 Å². The number of carbonyl (C=O) groups is 1. The first-order valence-electron chi connectivity index (χ1n) is 9.96. The predicted molar refractivity (Wildman–Crippen MR) is 118 cm³/mol. The SMILES string of the molecule is CC.CCCc1ccc(-c2csc(CC(Cc3ccccc3)C(=O)O)n2)cc1. The first kappa shape index (κ1) is 21.8. The number of thiazole rings is 1. The maximum absolute atomic E-state index is 11.7. The smallest absolute Gasteiger partial charge is 0.307 e. The zero-order valence-corrected chi connectivity index (χ0v) is 17.7. The van der Waals surface area contributed by atoms with Crippen molar-refractivity contribution in [2.24, 2.45) is 5.92 Å². The number of aryl methyl sites for hydroxylation is 1. The van der Waals surface area contributed by atoms with Crippen LogP contribution in [0.25, 0.3) is 11.3 Å². The number of nitrogens with zero attached hydrogens (tertiary/aromatic N) is 1. The monoisotopic (exact) mass is 395 g/mol. The van der Waals surface area contributed by atoms with Crippen LogP contribution in [0.4, 0.5) is 0 Å². The molecule has 0 aliphatic carbocycles. The molecule has 3 nitrogen and oxygen atoms in total. The number of rotatable bonds is 8. The van der Waals surface area contributed by atoms with Gasteiger partial charge in [-0.2, -0.15) is 0 Å². The maximum atomic E-state index is 11.7. The van der Waals surface area contributed by atoms with E-state index < -0.39 is 11.9 Å². The third-order valence-electron chi connectivity index (χ3n) is 4.44. The summed E-state index contributed by atoms with van der Waals surface area (Å²) < 4.78 is 0. The van der Waals surface area contributed by atoms with Gasteiger partial charge in [-0.1, -0.05) is 81.8 Å². The van der Waals surface area contributed by atoms with Crippen molar-refractivity contribution in [2.45, 2.75) is 46.5 Å². The van der Waals surface area contributed by atoms with Crippen LogP contribution < -0.4 is 0 Å². The number of aromatic nitrogens is 1. The van der Waals surface area contributed by atoms with Crippen LogP contribution in [0.1, 0.15) is 43.3 Å². The molecular weight excluding hydrogens is 366 g/mol. The van der Waals surface area contributed by atoms with Crippen LogP contribution in [0, 0.1) is 5.92 Å². The Morgan fingerprint density at radius 3 is 2.29 bits per heavy atom. The lowest BCUT2D eigenvalue weighted by molar-refractivity contribution is -0.141. The maximum Gasteiger partial charge on any atom is 0.307 e. The van der Waals surface area contributed by atoms with E-state index in [1.807, 2.05) is 49.6 Å². The van der Waals surface area contributed by atoms with E-state index in [-0.39, 0.29) is 0 Å². The van der Waals surface area contributed by atoms with Gasteiger partial charge in [0.15, 0.2) is 0 Å². The Balaban J connectivity index is 0.00000136. The van der Waals surface area contributed by atoms with Gasteiger partial charge in [-0.3, -0.25) is 4.79 Å². The Bertz CT molecular complexity index is 841. The fraction of sp³-hybridized carbons (Fsp3) is 0.333. The molecule has 28 heavy (non-hydrogen) atoms. The van der Waals surface area contributed by atoms with Crippen LogP contribution in [-0.4, -0.2) is 16.1 Å². The lowest BCUT2D eigenvalue weighted by Crippen LogP contribution is -2.19. The number of carboxylic acids is 1. The van der Waals surface area contributed by atoms with E-state index in [1.165, 1.54) is 5.56 Å². The van der Waals surface area contributed by atoms with Crippen molar-refractivity contribution < 1.29 is 9.90 Å². The summed E-state index contributed by atoms with van der Waals surface area (Å²) in [6.07, 6.45) is 3.21. The van der Waals surface area contributed by atoms with E-state index in [0.717, 1.165) is 34.7 Å². The van der Waals surface area contributed by atoms with Crippen molar-refractivity contribution >= 4 is 17.3 Å². The highest BCUT2D eigenvalue weighted by Crippen LogP contribution is 2.25. The first-order chi connectivity index (χ1) is 13.7. The predicted octanol–water partition coefficient (Wildman–Crippen LogP) is 6.27. The highest BCUT2D eigenvalue weighted by atomic mass is 32.1. The van der Waals surface area contributed by atoms with Gasteiger partial charge in [0, 0.05) is 17.4 Å². The van der Waals surface area contributed by atoms with Crippen LogP contribution in [-0.2, 0) is 24.1 Å². The summed E-state index contributed by atoms with van der Waals surface area (Å²) in [7, 11) is 0. The van der Waals surface area contributed by atoms with Gasteiger partial charge in [0.25, 0.3) is 0 Å². The molecule has 0 saturated carbocycles. The molecule has 148 valence electrons. The highest BCUT2D eigenvalue weighted by molar-refractivity contribution is 7.09. The molecule has 0 fully saturated rings. The second-order valence-corrected chi connectivity index (χ2v) is 7.45. The molecule has 1 aromatic heterocycles. The van der Waals surface area contributed by atoms with Crippen LogP contribution in [0.5, 0.6) is 0 Å². The number of carboxylic acid groups (broad SMARTS) is 1. The lowest BCUT2D eigenvalue weighted by Gasteiger charge is -2.10. The largest absolute Gasteiger partial charge is 0.481 e. The quantitative estimate of drug-likeness (QED) is 0.489. The van der Waals surface area contributed by atoms with Crippen LogP contribution >= 0.6 is 11.3 Å². The van der Waals surface area contributed by atoms with Crippen LogP contribution in [0.2, 0.25) is 0 Å². The average Bonchev–Trinajstić information content (AvgIpc) is 3.19. The second-order valence-electron chi connectivity index (χ2n) is 6.50. The molecule has 1 heterocycles. The number of hydrogen-bond acceptors (Lipinski definition) is 3. The minimum atomic E-state index is -0.769. The molecule has 0 bridgehead atoms. The summed E-state index contributed by atoms with van der Waals surface area (Å²) in [5, 5.41) is 12.5. The molecule has 1 atom stereocenters. The molecular formula is C24H29NO2S. The first-order valence-corrected chi connectivity index (χ1v) is 10.8. The minimum Gasteiger partial charge on any atom is -0.481 e. The third-order valence-corrected chi connectivity index (χ3v) is 5.31. The standard InChI is InChI=1S/C22H23NO2S.C2H6/c1-2-6-16-9-11-18(12-10-16)20-15-26-21(23-20)14-19(22(24)25)13-17-7-4-3-5-8-17;1-2/h3-5,7-12,15,19H,2,6,13-14H2,1H3,(H,24,25);1-2H3. The van der Waals surface area contributed by atoms with Gasteiger partial charge >= 0.3 is 5.97 Å². The van der Waals surface area contributed by atoms with E-state index in [0.29, 0.717) is 12.8 Å². The van der Waals surface area contributed by atoms with E-state index in [9.17, 15) is 9.90 Å². The number of aliphatic carboxylic acids is 1. The molecule has 3 aromatic rings. The van der Waals surface area contributed by atoms with E-state index in [1.54, 1.807) is 11.3 Å². The number of hydrogen-bond donors (Lipinski definition) is 1. The molecule has 2 aromatic carbocycles. The molecule has 0 radical (unpaired) electrons. The van der Waals surface area contributed by atoms with Crippen molar-refractivity contribution in [3.63, 3.8) is 0 Å². The Kier molecular flexibility index (Phi) is 8.89. The third kappa shape index (κ3) is 6.31. The van der Waals surface area contributed by atoms with E-state index in [2.05, 4.69) is 36.2 Å². The number of benzene rings is 2. The minimum absolute atomic E-state index is 0.455. The second kappa shape index (κ2) is 11.4. The molecule has 4 heteroatoms. The van der Waals surface area contributed by atoms with Crippen molar-refractivity contribution in [3.05, 3.63) is 76.1 Å². The summed E-state index contributed by atoms with van der Waals surface area (Å²) in [5.74, 6) is -1.22. The summed E-state index contributed by atoms with van der Waals surface area (Å²) in [6, 6.07) is 18.3. The molecule has 1 unspecified atom stereocenters. The van der Waals surface area contributed by atoms with E-state index in [4.69, 9.17) is 0 Å². The Labute approximate surface area is 172 Å². The normalized spacial score (nSPS) is 11.4. The molecule has 0 spiro atoms. The van der Waals surface area contributed by atoms with Crippen LogP contribution in [0.15, 0.2) is 60.0 Å². The Hall–Kier alpha value is -2.46. The summed E-state index contributed by atoms with van der Waals surface area (Å²) in [5.41, 5.74) is 4.39. The zero-order valence-electron chi connectivity index (χ0n) is 16.9. The topological polar surface area (TPSA) is 50.2 Å². The van der Waals surface area contributed by atoms with Gasteiger partial charge in [-0.25, -0.2) is 4.98 Å². The Morgan fingerprint density at radius 1 is 1.00 bits per heavy atom. The van der Waals surface area contributed by atoms with Gasteiger partial charge < -0.3 is 5.11 Å². The van der Waals surface area contributed by atoms with Crippen molar-refractivity contribution in [3.8, 4) is 11.3 Å². The summed E-state index contributed by atoms with van der Waals surface area (Å²) >= 11 is 1.54. The summed E-state index contributed by atoms with van der Waals surface area (Å²) in [6.45, 7) is 6.18. The van der Waals surface area contributed by atoms with Crippen molar-refractivity contribution in [1.29, 1.82) is 0 Å². The van der Waals surface area contributed by atoms with Crippen LogP contribution in [0.3, 0.4) is 0 Å². The molecule has 0 amide bonds. The summed E-state index contributed by atoms with van der Waals surface area (Å²) in [4.78, 5) is 16.3. The van der Waals surface area contributed by atoms with Gasteiger partial charge in [-0.05, 0) is 24.0 Å². The van der Waals surface area contributed by atoms with E-state index >= 15 is 0 Å². The van der Waals surface area contributed by atoms with Gasteiger partial charge in [-0.15, -0.1) is 11.3 Å². The molecule has 0 saturated heterocycles. The highest BCUT2D eigenvalue weighted by Gasteiger charge is 2.20. The van der Waals surface area contributed by atoms with Gasteiger partial charge in [0.1, 0.15) is 0 Å². The fourth-order valence-corrected chi connectivity index (χ4v) is 3.91. The average molecular weight is 396 g/mol. The van der Waals surface area contributed by atoms with Crippen molar-refractivity contribution in [2.75, 3.05) is 0 Å². The molecule has 0 aliphatic heterocycles. The molecule has 1 N–H and O–H groups in total. The zero-order chi connectivity index (χ0) is 20.4. The van der Waals surface area contributed by atoms with Gasteiger partial charge in [0.05, 0.1) is 16.6 Å².